The molecule has 1 aromatic carbocycles. The van der Waals surface area contributed by atoms with E-state index in [0.717, 1.165) is 30.3 Å². The van der Waals surface area contributed by atoms with Crippen molar-refractivity contribution in [3.63, 3.8) is 0 Å². The number of fused-ring (bicyclic) bond motifs is 3. The van der Waals surface area contributed by atoms with E-state index in [1.54, 1.807) is 0 Å². The molecule has 148 valence electrons. The lowest BCUT2D eigenvalue weighted by molar-refractivity contribution is 0.0527. The highest BCUT2D eigenvalue weighted by Gasteiger charge is 2.22. The molecule has 3 N–H and O–H groups in total. The van der Waals surface area contributed by atoms with Crippen LogP contribution in [0.1, 0.15) is 63.8 Å². The van der Waals surface area contributed by atoms with Gasteiger partial charge in [0.1, 0.15) is 5.60 Å². The zero-order chi connectivity index (χ0) is 19.4. The molecule has 0 radical (unpaired) electrons. The number of hydrogen-bond donors (Lipinski definition) is 3. The molecule has 0 spiro atoms. The molecule has 0 saturated heterocycles. The van der Waals surface area contributed by atoms with Crippen LogP contribution in [0.25, 0.3) is 10.9 Å². The number of amides is 1. The molecule has 27 heavy (non-hydrogen) atoms. The number of halogens is 1. The minimum atomic E-state index is -0.455. The van der Waals surface area contributed by atoms with Gasteiger partial charge in [0.05, 0.1) is 0 Å². The highest BCUT2D eigenvalue weighted by molar-refractivity contribution is 9.10. The van der Waals surface area contributed by atoms with Crippen LogP contribution >= 0.6 is 15.9 Å². The lowest BCUT2D eigenvalue weighted by atomic mass is 10.0. The molecular weight excluding hydrogens is 406 g/mol. The number of H-pyrrole nitrogens is 1. The van der Waals surface area contributed by atoms with E-state index in [1.807, 2.05) is 20.8 Å². The van der Waals surface area contributed by atoms with Crippen molar-refractivity contribution in [3.05, 3.63) is 33.9 Å². The van der Waals surface area contributed by atoms with Crippen LogP contribution in [0, 0.1) is 0 Å². The molecule has 2 aromatic rings. The summed E-state index contributed by atoms with van der Waals surface area (Å²) in [6.45, 7) is 7.09. The summed E-state index contributed by atoms with van der Waals surface area (Å²) in [6.07, 6.45) is 5.25. The first-order valence-electron chi connectivity index (χ1n) is 9.84. The molecule has 3 rings (SSSR count). The molecule has 1 aliphatic rings. The van der Waals surface area contributed by atoms with Crippen molar-refractivity contribution >= 4 is 32.9 Å². The SMILES string of the molecule is CC(C)(C)OC(=O)NCCCNC1CCCCc2c1[nH]c1ccc(Br)cc21. The third-order valence-electron chi connectivity index (χ3n) is 4.83. The standard InChI is InChI=1S/C21H30BrN3O2/c1-21(2,3)27-20(26)24-12-6-11-23-18-8-5-4-7-15-16-13-14(22)9-10-17(16)25-19(15)18/h9-10,13,18,23,25H,4-8,11-12H2,1-3H3,(H,24,26). The van der Waals surface area contributed by atoms with E-state index in [2.05, 4.69) is 49.7 Å². The quantitative estimate of drug-likeness (QED) is 0.446. The summed E-state index contributed by atoms with van der Waals surface area (Å²) >= 11 is 3.59. The molecule has 5 nitrogen and oxygen atoms in total. The molecule has 1 amide bonds. The molecule has 6 heteroatoms. The van der Waals surface area contributed by atoms with E-state index in [1.165, 1.54) is 35.0 Å². The van der Waals surface area contributed by atoms with Gasteiger partial charge in [-0.1, -0.05) is 22.4 Å². The van der Waals surface area contributed by atoms with Crippen LogP contribution in [0.15, 0.2) is 22.7 Å². The molecule has 1 aliphatic carbocycles. The zero-order valence-corrected chi connectivity index (χ0v) is 18.0. The van der Waals surface area contributed by atoms with Gasteiger partial charge in [0.15, 0.2) is 0 Å². The van der Waals surface area contributed by atoms with Gasteiger partial charge >= 0.3 is 6.09 Å². The van der Waals surface area contributed by atoms with Gasteiger partial charge in [0.25, 0.3) is 0 Å². The van der Waals surface area contributed by atoms with E-state index < -0.39 is 5.60 Å². The van der Waals surface area contributed by atoms with Crippen LogP contribution in [-0.4, -0.2) is 29.8 Å². The Morgan fingerprint density at radius 3 is 2.89 bits per heavy atom. The van der Waals surface area contributed by atoms with E-state index in [4.69, 9.17) is 4.74 Å². The van der Waals surface area contributed by atoms with Crippen molar-refractivity contribution in [2.75, 3.05) is 13.1 Å². The molecule has 0 fully saturated rings. The number of benzene rings is 1. The number of nitrogens with one attached hydrogen (secondary N) is 3. The fraction of sp³-hybridized carbons (Fsp3) is 0.571. The van der Waals surface area contributed by atoms with Gasteiger partial charge in [-0.15, -0.1) is 0 Å². The van der Waals surface area contributed by atoms with E-state index in [0.29, 0.717) is 12.6 Å². The normalized spacial score (nSPS) is 17.4. The van der Waals surface area contributed by atoms with Gasteiger partial charge in [-0.05, 0) is 76.8 Å². The summed E-state index contributed by atoms with van der Waals surface area (Å²) < 4.78 is 6.39. The number of aromatic amines is 1. The van der Waals surface area contributed by atoms with Crippen LogP contribution < -0.4 is 10.6 Å². The average molecular weight is 436 g/mol. The third kappa shape index (κ3) is 5.48. The minimum absolute atomic E-state index is 0.343. The summed E-state index contributed by atoms with van der Waals surface area (Å²) in [6, 6.07) is 6.80. The Morgan fingerprint density at radius 2 is 2.11 bits per heavy atom. The average Bonchev–Trinajstić information content (AvgIpc) is 2.80. The number of aromatic nitrogens is 1. The Morgan fingerprint density at radius 1 is 1.30 bits per heavy atom. The molecule has 0 aliphatic heterocycles. The van der Waals surface area contributed by atoms with Crippen LogP contribution in [0.5, 0.6) is 0 Å². The highest BCUT2D eigenvalue weighted by atomic mass is 79.9. The summed E-state index contributed by atoms with van der Waals surface area (Å²) in [7, 11) is 0. The molecule has 1 unspecified atom stereocenters. The van der Waals surface area contributed by atoms with E-state index >= 15 is 0 Å². The number of aryl methyl sites for hydroxylation is 1. The summed E-state index contributed by atoms with van der Waals surface area (Å²) in [5.74, 6) is 0. The first kappa shape index (κ1) is 20.2. The predicted octanol–water partition coefficient (Wildman–Crippen LogP) is 5.20. The molecule has 1 heterocycles. The van der Waals surface area contributed by atoms with Crippen molar-refractivity contribution in [1.82, 2.24) is 15.6 Å². The first-order chi connectivity index (χ1) is 12.8. The maximum absolute atomic E-state index is 11.7. The topological polar surface area (TPSA) is 66.2 Å². The summed E-state index contributed by atoms with van der Waals surface area (Å²) in [5.41, 5.74) is 3.54. The fourth-order valence-electron chi connectivity index (χ4n) is 3.68. The lowest BCUT2D eigenvalue weighted by Gasteiger charge is -2.20. The van der Waals surface area contributed by atoms with Crippen molar-refractivity contribution in [1.29, 1.82) is 0 Å². The zero-order valence-electron chi connectivity index (χ0n) is 16.5. The van der Waals surface area contributed by atoms with Gasteiger partial charge in [0.2, 0.25) is 0 Å². The number of alkyl carbamates (subject to hydrolysis) is 1. The number of hydrogen-bond acceptors (Lipinski definition) is 3. The van der Waals surface area contributed by atoms with E-state index in [-0.39, 0.29) is 6.09 Å². The third-order valence-corrected chi connectivity index (χ3v) is 5.32. The second-order valence-electron chi connectivity index (χ2n) is 8.24. The van der Waals surface area contributed by atoms with Gasteiger partial charge in [0, 0.05) is 33.7 Å². The fourth-order valence-corrected chi connectivity index (χ4v) is 4.04. The lowest BCUT2D eigenvalue weighted by Crippen LogP contribution is -2.34. The number of carbonyl (C=O) groups is 1. The second kappa shape index (κ2) is 8.65. The second-order valence-corrected chi connectivity index (χ2v) is 9.16. The van der Waals surface area contributed by atoms with Crippen molar-refractivity contribution < 1.29 is 9.53 Å². The monoisotopic (exact) mass is 435 g/mol. The van der Waals surface area contributed by atoms with E-state index in [9.17, 15) is 4.79 Å². The largest absolute Gasteiger partial charge is 0.444 e. The molecule has 0 bridgehead atoms. The first-order valence-corrected chi connectivity index (χ1v) is 10.6. The Hall–Kier alpha value is -1.53. The Bertz CT molecular complexity index is 795. The number of carbonyl (C=O) groups excluding carboxylic acids is 1. The van der Waals surface area contributed by atoms with Gasteiger partial charge < -0.3 is 20.4 Å². The number of rotatable bonds is 5. The van der Waals surface area contributed by atoms with Crippen molar-refractivity contribution in [2.24, 2.45) is 0 Å². The Balaban J connectivity index is 1.55. The Labute approximate surface area is 169 Å². The smallest absolute Gasteiger partial charge is 0.407 e. The van der Waals surface area contributed by atoms with Crippen LogP contribution in [0.2, 0.25) is 0 Å². The maximum atomic E-state index is 11.7. The highest BCUT2D eigenvalue weighted by Crippen LogP contribution is 2.34. The van der Waals surface area contributed by atoms with Gasteiger partial charge in [-0.3, -0.25) is 0 Å². The predicted molar refractivity (Wildman–Crippen MR) is 113 cm³/mol. The molecule has 1 atom stereocenters. The molecule has 0 saturated carbocycles. The maximum Gasteiger partial charge on any atom is 0.407 e. The number of ether oxygens (including phenoxy) is 1. The van der Waals surface area contributed by atoms with Crippen LogP contribution in [-0.2, 0) is 11.2 Å². The molecule has 1 aromatic heterocycles. The van der Waals surface area contributed by atoms with Gasteiger partial charge in [-0.2, -0.15) is 0 Å². The molecular formula is C21H30BrN3O2. The Kier molecular flexibility index (Phi) is 6.48. The van der Waals surface area contributed by atoms with Crippen LogP contribution in [0.4, 0.5) is 4.79 Å². The van der Waals surface area contributed by atoms with Crippen molar-refractivity contribution in [2.45, 2.75) is 64.5 Å². The summed E-state index contributed by atoms with van der Waals surface area (Å²) in [5, 5.41) is 7.84. The van der Waals surface area contributed by atoms with Gasteiger partial charge in [-0.25, -0.2) is 4.79 Å². The van der Waals surface area contributed by atoms with Crippen molar-refractivity contribution in [3.8, 4) is 0 Å². The minimum Gasteiger partial charge on any atom is -0.444 e. The summed E-state index contributed by atoms with van der Waals surface area (Å²) in [4.78, 5) is 15.3. The van der Waals surface area contributed by atoms with Crippen LogP contribution in [0.3, 0.4) is 0 Å².